The first-order valence-electron chi connectivity index (χ1n) is 11.6. The monoisotopic (exact) mass is 523 g/mol. The van der Waals surface area contributed by atoms with Crippen molar-refractivity contribution in [2.24, 2.45) is 5.92 Å². The first kappa shape index (κ1) is 24.0. The Morgan fingerprint density at radius 3 is 2.86 bits per heavy atom. The van der Waals surface area contributed by atoms with E-state index in [0.717, 1.165) is 45.6 Å². The van der Waals surface area contributed by atoms with Crippen LogP contribution in [0.4, 0.5) is 5.00 Å². The molecule has 3 heterocycles. The van der Waals surface area contributed by atoms with Gasteiger partial charge in [0.1, 0.15) is 26.7 Å². The average molecular weight is 524 g/mol. The van der Waals surface area contributed by atoms with Gasteiger partial charge in [0.05, 0.1) is 12.4 Å². The van der Waals surface area contributed by atoms with Crippen molar-refractivity contribution in [1.82, 2.24) is 9.97 Å². The van der Waals surface area contributed by atoms with Crippen molar-refractivity contribution >= 4 is 61.5 Å². The minimum Gasteiger partial charge on any atom is -0.462 e. The first-order chi connectivity index (χ1) is 17.0. The summed E-state index contributed by atoms with van der Waals surface area (Å²) < 4.78 is 5.30. The van der Waals surface area contributed by atoms with Crippen molar-refractivity contribution in [1.29, 1.82) is 0 Å². The Balaban J connectivity index is 1.36. The normalized spacial score (nSPS) is 15.1. The Hall–Kier alpha value is -2.75. The summed E-state index contributed by atoms with van der Waals surface area (Å²) in [4.78, 5) is 37.1. The van der Waals surface area contributed by atoms with Crippen LogP contribution in [-0.2, 0) is 22.4 Å². The quantitative estimate of drug-likeness (QED) is 0.170. The number of anilines is 1. The van der Waals surface area contributed by atoms with E-state index in [9.17, 15) is 9.59 Å². The SMILES string of the molecule is CCOC(=O)c1c(-c2ccccc2)csc1NC(=O)CSc1ncnc2sc3c(c12)CC[C@H](C)C3. The molecule has 5 rings (SSSR count). The molecule has 1 aliphatic rings. The van der Waals surface area contributed by atoms with Gasteiger partial charge in [0, 0.05) is 21.2 Å². The van der Waals surface area contributed by atoms with Crippen LogP contribution < -0.4 is 5.32 Å². The fraction of sp³-hybridized carbons (Fsp3) is 0.308. The summed E-state index contributed by atoms with van der Waals surface area (Å²) in [5.41, 5.74) is 3.41. The lowest BCUT2D eigenvalue weighted by atomic mass is 9.89. The maximum atomic E-state index is 13.0. The van der Waals surface area contributed by atoms with Crippen molar-refractivity contribution in [2.75, 3.05) is 17.7 Å². The van der Waals surface area contributed by atoms with Crippen LogP contribution in [0.2, 0.25) is 0 Å². The molecule has 0 unspecified atom stereocenters. The van der Waals surface area contributed by atoms with Crippen LogP contribution in [0.1, 0.15) is 41.1 Å². The van der Waals surface area contributed by atoms with Crippen molar-refractivity contribution in [3.63, 3.8) is 0 Å². The van der Waals surface area contributed by atoms with E-state index < -0.39 is 5.97 Å². The number of fused-ring (bicyclic) bond motifs is 3. The van der Waals surface area contributed by atoms with E-state index in [0.29, 0.717) is 16.5 Å². The molecule has 0 bridgehead atoms. The third kappa shape index (κ3) is 4.98. The second-order valence-electron chi connectivity index (χ2n) is 8.49. The number of nitrogens with zero attached hydrogens (tertiary/aromatic N) is 2. The van der Waals surface area contributed by atoms with Gasteiger partial charge in [0.15, 0.2) is 0 Å². The fourth-order valence-corrected chi connectivity index (χ4v) is 7.55. The van der Waals surface area contributed by atoms with Gasteiger partial charge in [-0.25, -0.2) is 14.8 Å². The van der Waals surface area contributed by atoms with Crippen LogP contribution >= 0.6 is 34.4 Å². The summed E-state index contributed by atoms with van der Waals surface area (Å²) >= 11 is 4.50. The molecule has 1 atom stereocenters. The largest absolute Gasteiger partial charge is 0.462 e. The third-order valence-corrected chi connectivity index (χ3v) is 9.05. The van der Waals surface area contributed by atoms with E-state index in [1.54, 1.807) is 24.6 Å². The van der Waals surface area contributed by atoms with Crippen LogP contribution in [0.3, 0.4) is 0 Å². The number of hydrogen-bond acceptors (Lipinski definition) is 8. The average Bonchev–Trinajstić information content (AvgIpc) is 3.44. The topological polar surface area (TPSA) is 81.2 Å². The Morgan fingerprint density at radius 2 is 2.06 bits per heavy atom. The predicted molar refractivity (Wildman–Crippen MR) is 144 cm³/mol. The van der Waals surface area contributed by atoms with Gasteiger partial charge in [-0.1, -0.05) is 49.0 Å². The van der Waals surface area contributed by atoms with E-state index >= 15 is 0 Å². The van der Waals surface area contributed by atoms with Gasteiger partial charge in [-0.15, -0.1) is 22.7 Å². The lowest BCUT2D eigenvalue weighted by Gasteiger charge is -2.18. The molecule has 1 aromatic carbocycles. The van der Waals surface area contributed by atoms with Crippen molar-refractivity contribution in [2.45, 2.75) is 38.1 Å². The predicted octanol–water partition coefficient (Wildman–Crippen LogP) is 6.45. The number of nitrogens with one attached hydrogen (secondary N) is 1. The summed E-state index contributed by atoms with van der Waals surface area (Å²) in [5.74, 6) is 0.248. The van der Waals surface area contributed by atoms with Crippen LogP contribution in [0.15, 0.2) is 47.1 Å². The van der Waals surface area contributed by atoms with Crippen molar-refractivity contribution in [3.8, 4) is 11.1 Å². The van der Waals surface area contributed by atoms with Gasteiger partial charge in [0.25, 0.3) is 0 Å². The molecule has 1 amide bonds. The van der Waals surface area contributed by atoms with Crippen LogP contribution in [0, 0.1) is 5.92 Å². The van der Waals surface area contributed by atoms with Crippen LogP contribution in [0.25, 0.3) is 21.3 Å². The lowest BCUT2D eigenvalue weighted by Crippen LogP contribution is -2.16. The van der Waals surface area contributed by atoms with Crippen LogP contribution in [-0.4, -0.2) is 34.2 Å². The van der Waals surface area contributed by atoms with Gasteiger partial charge in [-0.05, 0) is 43.2 Å². The highest BCUT2D eigenvalue weighted by Crippen LogP contribution is 2.41. The smallest absolute Gasteiger partial charge is 0.341 e. The van der Waals surface area contributed by atoms with Gasteiger partial charge in [-0.3, -0.25) is 4.79 Å². The van der Waals surface area contributed by atoms with Gasteiger partial charge in [0.2, 0.25) is 5.91 Å². The molecule has 3 aromatic heterocycles. The molecule has 0 spiro atoms. The number of benzene rings is 1. The zero-order valence-corrected chi connectivity index (χ0v) is 21.9. The lowest BCUT2D eigenvalue weighted by molar-refractivity contribution is -0.113. The van der Waals surface area contributed by atoms with E-state index in [2.05, 4.69) is 22.2 Å². The van der Waals surface area contributed by atoms with E-state index in [1.807, 2.05) is 35.7 Å². The summed E-state index contributed by atoms with van der Waals surface area (Å²) in [6, 6.07) is 9.64. The number of carbonyl (C=O) groups excluding carboxylic acids is 2. The fourth-order valence-electron chi connectivity index (χ4n) is 4.34. The van der Waals surface area contributed by atoms with E-state index in [-0.39, 0.29) is 18.3 Å². The number of rotatable bonds is 7. The summed E-state index contributed by atoms with van der Waals surface area (Å²) in [6.45, 7) is 4.32. The molecule has 4 aromatic rings. The number of thioether (sulfide) groups is 1. The molecule has 0 saturated carbocycles. The number of ether oxygens (including phenoxy) is 1. The summed E-state index contributed by atoms with van der Waals surface area (Å²) in [5, 5.41) is 7.28. The Labute approximate surface area is 216 Å². The van der Waals surface area contributed by atoms with Crippen molar-refractivity contribution in [3.05, 3.63) is 58.0 Å². The molecule has 1 N–H and O–H groups in total. The second kappa shape index (κ2) is 10.5. The zero-order chi connectivity index (χ0) is 24.4. The molecule has 0 aliphatic heterocycles. The molecule has 1 aliphatic carbocycles. The standard InChI is InChI=1S/C26H25N3O3S3/c1-3-32-26(31)22-18(16-7-5-4-6-8-16)12-33-25(22)29-20(30)13-34-23-21-17-10-9-15(2)11-19(17)35-24(21)28-14-27-23/h4-8,12,14-15H,3,9-11,13H2,1-2H3,(H,29,30)/t15-/m0/s1. The highest BCUT2D eigenvalue weighted by atomic mass is 32.2. The minimum atomic E-state index is -0.438. The van der Waals surface area contributed by atoms with Crippen LogP contribution in [0.5, 0.6) is 0 Å². The number of amides is 1. The number of esters is 1. The maximum Gasteiger partial charge on any atom is 0.341 e. The number of aryl methyl sites for hydroxylation is 1. The Morgan fingerprint density at radius 1 is 1.23 bits per heavy atom. The molecule has 0 saturated heterocycles. The third-order valence-electron chi connectivity index (χ3n) is 6.01. The zero-order valence-electron chi connectivity index (χ0n) is 19.5. The molecular weight excluding hydrogens is 499 g/mol. The highest BCUT2D eigenvalue weighted by molar-refractivity contribution is 8.00. The highest BCUT2D eigenvalue weighted by Gasteiger charge is 2.25. The summed E-state index contributed by atoms with van der Waals surface area (Å²) in [6.07, 6.45) is 4.86. The number of carbonyl (C=O) groups is 2. The molecule has 6 nitrogen and oxygen atoms in total. The molecule has 180 valence electrons. The van der Waals surface area contributed by atoms with E-state index in [1.165, 1.54) is 33.5 Å². The van der Waals surface area contributed by atoms with Gasteiger partial charge < -0.3 is 10.1 Å². The van der Waals surface area contributed by atoms with Gasteiger partial charge in [-0.2, -0.15) is 0 Å². The Bertz CT molecular complexity index is 1380. The number of hydrogen-bond donors (Lipinski definition) is 1. The van der Waals surface area contributed by atoms with Crippen molar-refractivity contribution < 1.29 is 14.3 Å². The Kier molecular flexibility index (Phi) is 7.17. The molecule has 35 heavy (non-hydrogen) atoms. The molecular formula is C26H25N3O3S3. The van der Waals surface area contributed by atoms with Gasteiger partial charge >= 0.3 is 5.97 Å². The first-order valence-corrected chi connectivity index (χ1v) is 14.2. The molecule has 0 radical (unpaired) electrons. The number of thiophene rings is 2. The molecule has 9 heteroatoms. The number of aromatic nitrogens is 2. The summed E-state index contributed by atoms with van der Waals surface area (Å²) in [7, 11) is 0. The maximum absolute atomic E-state index is 13.0. The minimum absolute atomic E-state index is 0.188. The molecule has 0 fully saturated rings. The van der Waals surface area contributed by atoms with E-state index in [4.69, 9.17) is 4.74 Å². The second-order valence-corrected chi connectivity index (χ2v) is 11.4.